The van der Waals surface area contributed by atoms with Gasteiger partial charge in [0.15, 0.2) is 0 Å². The highest BCUT2D eigenvalue weighted by atomic mass is 19.1. The van der Waals surface area contributed by atoms with E-state index in [-0.39, 0.29) is 30.2 Å². The maximum absolute atomic E-state index is 13.1. The molecule has 1 heterocycles. The average molecular weight is 302 g/mol. The number of anilines is 1. The molecule has 1 aliphatic carbocycles. The normalized spacial score (nSPS) is 23.6. The van der Waals surface area contributed by atoms with Crippen molar-refractivity contribution in [1.29, 1.82) is 0 Å². The zero-order valence-electron chi connectivity index (χ0n) is 11.8. The Bertz CT molecular complexity index is 645. The number of fused-ring (bicyclic) bond motifs is 1. The molecule has 0 radical (unpaired) electrons. The lowest BCUT2D eigenvalue weighted by molar-refractivity contribution is -0.142. The summed E-state index contributed by atoms with van der Waals surface area (Å²) >= 11 is 0. The molecule has 0 spiro atoms. The number of imide groups is 1. The Morgan fingerprint density at radius 2 is 1.82 bits per heavy atom. The molecule has 0 saturated carbocycles. The van der Waals surface area contributed by atoms with E-state index in [1.54, 1.807) is 0 Å². The van der Waals surface area contributed by atoms with Gasteiger partial charge in [0.2, 0.25) is 17.7 Å². The monoisotopic (exact) mass is 302 g/mol. The molecule has 0 unspecified atom stereocenters. The highest BCUT2D eigenvalue weighted by Gasteiger charge is 2.47. The molecule has 1 saturated heterocycles. The quantitative estimate of drug-likeness (QED) is 0.683. The van der Waals surface area contributed by atoms with Crippen LogP contribution >= 0.6 is 0 Å². The number of amides is 3. The fourth-order valence-corrected chi connectivity index (χ4v) is 2.94. The fraction of sp³-hybridized carbons (Fsp3) is 0.312. The summed E-state index contributed by atoms with van der Waals surface area (Å²) in [5, 5.41) is 2.49. The van der Waals surface area contributed by atoms with Gasteiger partial charge in [-0.05, 0) is 31.0 Å². The number of carbonyl (C=O) groups is 3. The van der Waals surface area contributed by atoms with Crippen LogP contribution in [0.15, 0.2) is 36.4 Å². The predicted octanol–water partition coefficient (Wildman–Crippen LogP) is 1.72. The van der Waals surface area contributed by atoms with Crippen LogP contribution < -0.4 is 5.32 Å². The summed E-state index contributed by atoms with van der Waals surface area (Å²) in [7, 11) is 0. The molecule has 3 rings (SSSR count). The summed E-state index contributed by atoms with van der Waals surface area (Å²) in [6.07, 6.45) is 4.86. The second kappa shape index (κ2) is 5.71. The van der Waals surface area contributed by atoms with Crippen LogP contribution in [0, 0.1) is 17.7 Å². The molecule has 2 aliphatic rings. The SMILES string of the molecule is O=C(CN1C(=O)[C@H]2CC=CC[C@H]2C1=O)Nc1cccc(F)c1. The van der Waals surface area contributed by atoms with E-state index in [1.807, 2.05) is 12.2 Å². The van der Waals surface area contributed by atoms with Crippen molar-refractivity contribution in [3.8, 4) is 0 Å². The van der Waals surface area contributed by atoms with Crippen LogP contribution in [0.3, 0.4) is 0 Å². The lowest BCUT2D eigenvalue weighted by Gasteiger charge is -2.14. The van der Waals surface area contributed by atoms with Gasteiger partial charge in [0.1, 0.15) is 12.4 Å². The molecule has 114 valence electrons. The van der Waals surface area contributed by atoms with Gasteiger partial charge in [0, 0.05) is 5.69 Å². The second-order valence-corrected chi connectivity index (χ2v) is 5.48. The first-order valence-electron chi connectivity index (χ1n) is 7.12. The van der Waals surface area contributed by atoms with Crippen molar-refractivity contribution < 1.29 is 18.8 Å². The van der Waals surface area contributed by atoms with E-state index in [4.69, 9.17) is 0 Å². The highest BCUT2D eigenvalue weighted by Crippen LogP contribution is 2.34. The van der Waals surface area contributed by atoms with Gasteiger partial charge in [-0.3, -0.25) is 19.3 Å². The summed E-state index contributed by atoms with van der Waals surface area (Å²) < 4.78 is 13.1. The van der Waals surface area contributed by atoms with Crippen molar-refractivity contribution in [2.75, 3.05) is 11.9 Å². The third-order valence-electron chi connectivity index (χ3n) is 4.01. The van der Waals surface area contributed by atoms with E-state index in [1.165, 1.54) is 24.3 Å². The van der Waals surface area contributed by atoms with Crippen LogP contribution in [0.2, 0.25) is 0 Å². The Morgan fingerprint density at radius 1 is 1.18 bits per heavy atom. The van der Waals surface area contributed by atoms with Crippen molar-refractivity contribution in [3.63, 3.8) is 0 Å². The van der Waals surface area contributed by atoms with Gasteiger partial charge >= 0.3 is 0 Å². The van der Waals surface area contributed by atoms with E-state index in [0.717, 1.165) is 4.90 Å². The number of likely N-dealkylation sites (tertiary alicyclic amines) is 1. The van der Waals surface area contributed by atoms with Crippen molar-refractivity contribution in [1.82, 2.24) is 4.90 Å². The number of hydrogen-bond acceptors (Lipinski definition) is 3. The van der Waals surface area contributed by atoms with Crippen LogP contribution in [0.4, 0.5) is 10.1 Å². The average Bonchev–Trinajstić information content (AvgIpc) is 2.73. The maximum Gasteiger partial charge on any atom is 0.244 e. The summed E-state index contributed by atoms with van der Waals surface area (Å²) in [5.41, 5.74) is 0.295. The van der Waals surface area contributed by atoms with E-state index in [0.29, 0.717) is 18.5 Å². The molecule has 6 heteroatoms. The van der Waals surface area contributed by atoms with E-state index < -0.39 is 11.7 Å². The Labute approximate surface area is 126 Å². The zero-order chi connectivity index (χ0) is 15.7. The number of rotatable bonds is 3. The molecule has 3 amide bonds. The van der Waals surface area contributed by atoms with Crippen molar-refractivity contribution >= 4 is 23.4 Å². The van der Waals surface area contributed by atoms with Gasteiger partial charge < -0.3 is 5.32 Å². The summed E-state index contributed by atoms with van der Waals surface area (Å²) in [6, 6.07) is 5.45. The van der Waals surface area contributed by atoms with Crippen LogP contribution in [-0.4, -0.2) is 29.2 Å². The molecule has 2 atom stereocenters. The Morgan fingerprint density at radius 3 is 2.41 bits per heavy atom. The molecule has 1 aliphatic heterocycles. The molecule has 1 aromatic rings. The summed E-state index contributed by atoms with van der Waals surface area (Å²) in [6.45, 7) is -0.332. The Hall–Kier alpha value is -2.50. The fourth-order valence-electron chi connectivity index (χ4n) is 2.94. The number of benzene rings is 1. The number of nitrogens with zero attached hydrogens (tertiary/aromatic N) is 1. The van der Waals surface area contributed by atoms with Crippen molar-refractivity contribution in [2.24, 2.45) is 11.8 Å². The van der Waals surface area contributed by atoms with Crippen LogP contribution in [0.5, 0.6) is 0 Å². The van der Waals surface area contributed by atoms with Gasteiger partial charge in [-0.25, -0.2) is 4.39 Å². The van der Waals surface area contributed by atoms with Gasteiger partial charge in [0.25, 0.3) is 0 Å². The molecule has 1 N–H and O–H groups in total. The molecule has 0 aromatic heterocycles. The minimum absolute atomic E-state index is 0.295. The zero-order valence-corrected chi connectivity index (χ0v) is 11.8. The van der Waals surface area contributed by atoms with Gasteiger partial charge in [-0.1, -0.05) is 18.2 Å². The molecule has 1 fully saturated rings. The van der Waals surface area contributed by atoms with E-state index in [2.05, 4.69) is 5.32 Å². The highest BCUT2D eigenvalue weighted by molar-refractivity contribution is 6.08. The lowest BCUT2D eigenvalue weighted by atomic mass is 9.85. The second-order valence-electron chi connectivity index (χ2n) is 5.48. The molecule has 0 bridgehead atoms. The minimum Gasteiger partial charge on any atom is -0.324 e. The van der Waals surface area contributed by atoms with Gasteiger partial charge in [0.05, 0.1) is 11.8 Å². The third kappa shape index (κ3) is 2.64. The smallest absolute Gasteiger partial charge is 0.244 e. The number of allylic oxidation sites excluding steroid dienone is 2. The first-order chi connectivity index (χ1) is 10.6. The van der Waals surface area contributed by atoms with Crippen LogP contribution in [0.1, 0.15) is 12.8 Å². The first-order valence-corrected chi connectivity index (χ1v) is 7.12. The maximum atomic E-state index is 13.1. The molecular formula is C16H15FN2O3. The minimum atomic E-state index is -0.515. The molecule has 22 heavy (non-hydrogen) atoms. The number of carbonyl (C=O) groups excluding carboxylic acids is 3. The number of halogens is 1. The van der Waals surface area contributed by atoms with E-state index >= 15 is 0 Å². The van der Waals surface area contributed by atoms with Crippen LogP contribution in [0.25, 0.3) is 0 Å². The van der Waals surface area contributed by atoms with Crippen molar-refractivity contribution in [2.45, 2.75) is 12.8 Å². The van der Waals surface area contributed by atoms with Gasteiger partial charge in [-0.15, -0.1) is 0 Å². The molecular weight excluding hydrogens is 287 g/mol. The van der Waals surface area contributed by atoms with Crippen LogP contribution in [-0.2, 0) is 14.4 Å². The first kappa shape index (κ1) is 14.4. The number of nitrogens with one attached hydrogen (secondary N) is 1. The standard InChI is InChI=1S/C16H15FN2O3/c17-10-4-3-5-11(8-10)18-14(20)9-19-15(21)12-6-1-2-7-13(12)16(19)22/h1-5,8,12-13H,6-7,9H2,(H,18,20)/t12-,13+. The predicted molar refractivity (Wildman–Crippen MR) is 77.1 cm³/mol. The molecule has 1 aromatic carbocycles. The summed E-state index contributed by atoms with van der Waals surface area (Å²) in [4.78, 5) is 37.4. The number of hydrogen-bond donors (Lipinski definition) is 1. The Kier molecular flexibility index (Phi) is 3.75. The van der Waals surface area contributed by atoms with Gasteiger partial charge in [-0.2, -0.15) is 0 Å². The lowest BCUT2D eigenvalue weighted by Crippen LogP contribution is -2.38. The Balaban J connectivity index is 1.67. The largest absolute Gasteiger partial charge is 0.324 e. The third-order valence-corrected chi connectivity index (χ3v) is 4.01. The van der Waals surface area contributed by atoms with Crippen molar-refractivity contribution in [3.05, 3.63) is 42.2 Å². The summed E-state index contributed by atoms with van der Waals surface area (Å²) in [5.74, 6) is -2.27. The topological polar surface area (TPSA) is 66.5 Å². The van der Waals surface area contributed by atoms with E-state index in [9.17, 15) is 18.8 Å². The molecule has 5 nitrogen and oxygen atoms in total.